The number of benzene rings is 2. The minimum atomic E-state index is -1.09. The molecular formula is C27H31Cl2N5O4. The van der Waals surface area contributed by atoms with E-state index in [9.17, 15) is 4.79 Å². The van der Waals surface area contributed by atoms with Crippen molar-refractivity contribution < 1.29 is 19.0 Å². The van der Waals surface area contributed by atoms with E-state index in [1.807, 2.05) is 52.9 Å². The normalized spacial score (nSPS) is 21.5. The van der Waals surface area contributed by atoms with Gasteiger partial charge in [-0.3, -0.25) is 0 Å². The molecule has 3 aromatic rings. The molecule has 9 nitrogen and oxygen atoms in total. The highest BCUT2D eigenvalue weighted by molar-refractivity contribution is 6.35. The number of piperazine rings is 1. The van der Waals surface area contributed by atoms with Gasteiger partial charge in [0.25, 0.3) is 0 Å². The number of ether oxygens (including phenoxy) is 3. The van der Waals surface area contributed by atoms with Crippen LogP contribution in [0.3, 0.4) is 0 Å². The van der Waals surface area contributed by atoms with Gasteiger partial charge in [-0.05, 0) is 43.3 Å². The Labute approximate surface area is 232 Å². The highest BCUT2D eigenvalue weighted by Gasteiger charge is 2.45. The Kier molecular flexibility index (Phi) is 8.28. The average Bonchev–Trinajstić information content (AvgIpc) is 3.59. The molecule has 1 N–H and O–H groups in total. The largest absolute Gasteiger partial charge is 0.491 e. The fourth-order valence-electron chi connectivity index (χ4n) is 4.75. The maximum absolute atomic E-state index is 12.0. The van der Waals surface area contributed by atoms with E-state index < -0.39 is 5.79 Å². The first-order chi connectivity index (χ1) is 18.5. The summed E-state index contributed by atoms with van der Waals surface area (Å²) in [6, 6.07) is 13.3. The molecular weight excluding hydrogens is 529 g/mol. The summed E-state index contributed by atoms with van der Waals surface area (Å²) in [5.74, 6) is -0.342. The summed E-state index contributed by atoms with van der Waals surface area (Å²) >= 11 is 12.7. The highest BCUT2D eigenvalue weighted by Crippen LogP contribution is 2.40. The minimum Gasteiger partial charge on any atom is -0.491 e. The van der Waals surface area contributed by atoms with Gasteiger partial charge in [0.2, 0.25) is 5.79 Å². The lowest BCUT2D eigenvalue weighted by Gasteiger charge is -2.36. The van der Waals surface area contributed by atoms with Crippen LogP contribution in [0.4, 0.5) is 10.5 Å². The molecule has 2 aromatic carbocycles. The first-order valence-electron chi connectivity index (χ1n) is 12.7. The SMILES string of the molecule is CCNC(=O)N1CCN(c2ccc(OC[C@@H]3CO[C@](Cn4ccnc4)(c4ccc(Cl)cc4Cl)O3)cc2)CC1. The van der Waals surface area contributed by atoms with Crippen LogP contribution in [0.25, 0.3) is 0 Å². The first-order valence-corrected chi connectivity index (χ1v) is 13.4. The monoisotopic (exact) mass is 559 g/mol. The summed E-state index contributed by atoms with van der Waals surface area (Å²) in [6.07, 6.45) is 4.97. The summed E-state index contributed by atoms with van der Waals surface area (Å²) in [7, 11) is 0. The van der Waals surface area contributed by atoms with E-state index >= 15 is 0 Å². The second kappa shape index (κ2) is 11.8. The van der Waals surface area contributed by atoms with Crippen LogP contribution in [-0.4, -0.2) is 72.5 Å². The number of imidazole rings is 1. The number of rotatable bonds is 8. The number of halogens is 2. The van der Waals surface area contributed by atoms with Crippen molar-refractivity contribution in [2.75, 3.05) is 50.8 Å². The smallest absolute Gasteiger partial charge is 0.317 e. The summed E-state index contributed by atoms with van der Waals surface area (Å²) in [5, 5.41) is 3.88. The van der Waals surface area contributed by atoms with Gasteiger partial charge in [0.15, 0.2) is 0 Å². The molecule has 5 rings (SSSR count). The predicted octanol–water partition coefficient (Wildman–Crippen LogP) is 4.39. The number of hydrogen-bond acceptors (Lipinski definition) is 6. The van der Waals surface area contributed by atoms with Crippen molar-refractivity contribution in [1.29, 1.82) is 0 Å². The molecule has 11 heteroatoms. The molecule has 0 unspecified atom stereocenters. The van der Waals surface area contributed by atoms with E-state index in [4.69, 9.17) is 37.4 Å². The van der Waals surface area contributed by atoms with Gasteiger partial charge in [-0.1, -0.05) is 29.3 Å². The second-order valence-electron chi connectivity index (χ2n) is 9.28. The molecule has 0 aliphatic carbocycles. The number of amides is 2. The first kappa shape index (κ1) is 26.6. The number of anilines is 1. The maximum atomic E-state index is 12.0. The number of carbonyl (C=O) groups is 1. The Bertz CT molecular complexity index is 1220. The molecule has 0 spiro atoms. The molecule has 38 heavy (non-hydrogen) atoms. The maximum Gasteiger partial charge on any atom is 0.317 e. The molecule has 2 aliphatic heterocycles. The molecule has 2 fully saturated rings. The number of hydrogen-bond donors (Lipinski definition) is 1. The van der Waals surface area contributed by atoms with Crippen molar-refractivity contribution in [2.45, 2.75) is 25.4 Å². The molecule has 2 amide bonds. The molecule has 202 valence electrons. The number of nitrogens with one attached hydrogen (secondary N) is 1. The van der Waals surface area contributed by atoms with Gasteiger partial charge in [-0.15, -0.1) is 0 Å². The van der Waals surface area contributed by atoms with Crippen LogP contribution in [-0.2, 0) is 21.8 Å². The van der Waals surface area contributed by atoms with Gasteiger partial charge in [-0.2, -0.15) is 0 Å². The van der Waals surface area contributed by atoms with E-state index in [1.54, 1.807) is 24.7 Å². The predicted molar refractivity (Wildman–Crippen MR) is 146 cm³/mol. The quantitative estimate of drug-likeness (QED) is 0.441. The topological polar surface area (TPSA) is 81.1 Å². The fraction of sp³-hybridized carbons (Fsp3) is 0.407. The van der Waals surface area contributed by atoms with Crippen molar-refractivity contribution in [2.24, 2.45) is 0 Å². The fourth-order valence-corrected chi connectivity index (χ4v) is 5.30. The van der Waals surface area contributed by atoms with Crippen LogP contribution in [0.2, 0.25) is 10.0 Å². The van der Waals surface area contributed by atoms with Crippen molar-refractivity contribution in [3.8, 4) is 5.75 Å². The Hall–Kier alpha value is -2.98. The van der Waals surface area contributed by atoms with Gasteiger partial charge in [0.05, 0.1) is 24.5 Å². The molecule has 3 heterocycles. The summed E-state index contributed by atoms with van der Waals surface area (Å²) in [4.78, 5) is 20.3. The van der Waals surface area contributed by atoms with E-state index in [-0.39, 0.29) is 12.1 Å². The zero-order valence-corrected chi connectivity index (χ0v) is 22.7. The van der Waals surface area contributed by atoms with E-state index in [1.165, 1.54) is 0 Å². The zero-order valence-electron chi connectivity index (χ0n) is 21.2. The zero-order chi connectivity index (χ0) is 26.5. The third kappa shape index (κ3) is 6.02. The third-order valence-electron chi connectivity index (χ3n) is 6.68. The summed E-state index contributed by atoms with van der Waals surface area (Å²) in [6.45, 7) is 6.59. The second-order valence-corrected chi connectivity index (χ2v) is 10.1. The van der Waals surface area contributed by atoms with Gasteiger partial charge in [-0.25, -0.2) is 9.78 Å². The minimum absolute atomic E-state index is 0.00129. The Balaban J connectivity index is 1.19. The van der Waals surface area contributed by atoms with Crippen molar-refractivity contribution in [3.63, 3.8) is 0 Å². The van der Waals surface area contributed by atoms with E-state index in [0.717, 1.165) is 24.5 Å². The summed E-state index contributed by atoms with van der Waals surface area (Å²) in [5.41, 5.74) is 1.81. The van der Waals surface area contributed by atoms with Gasteiger partial charge in [0.1, 0.15) is 18.5 Å². The molecule has 2 aliphatic rings. The van der Waals surface area contributed by atoms with Crippen LogP contribution >= 0.6 is 23.2 Å². The summed E-state index contributed by atoms with van der Waals surface area (Å²) < 4.78 is 20.6. The van der Waals surface area contributed by atoms with Crippen LogP contribution in [0, 0.1) is 0 Å². The molecule has 0 saturated carbocycles. The van der Waals surface area contributed by atoms with Gasteiger partial charge < -0.3 is 33.9 Å². The standard InChI is InChI=1S/C27H31Cl2N5O4/c1-2-31-26(35)34-13-11-33(12-14-34)21-4-6-22(7-5-21)36-16-23-17-37-27(38-23,18-32-10-9-30-19-32)24-8-3-20(28)15-25(24)29/h3-10,15,19,23H,2,11-14,16-18H2,1H3,(H,31,35)/t23-,27+/m1/s1. The van der Waals surface area contributed by atoms with Crippen LogP contribution in [0.15, 0.2) is 61.2 Å². The molecule has 0 bridgehead atoms. The van der Waals surface area contributed by atoms with Crippen molar-refractivity contribution in [3.05, 3.63) is 76.8 Å². The highest BCUT2D eigenvalue weighted by atomic mass is 35.5. The molecule has 0 radical (unpaired) electrons. The Morgan fingerprint density at radius 3 is 2.63 bits per heavy atom. The molecule has 2 saturated heterocycles. The van der Waals surface area contributed by atoms with Gasteiger partial charge in [0, 0.05) is 61.4 Å². The number of nitrogens with zero attached hydrogens (tertiary/aromatic N) is 4. The van der Waals surface area contributed by atoms with Crippen molar-refractivity contribution in [1.82, 2.24) is 19.8 Å². The van der Waals surface area contributed by atoms with Crippen molar-refractivity contribution >= 4 is 34.9 Å². The lowest BCUT2D eigenvalue weighted by Crippen LogP contribution is -2.51. The Morgan fingerprint density at radius 2 is 1.95 bits per heavy atom. The number of carbonyl (C=O) groups excluding carboxylic acids is 1. The lowest BCUT2D eigenvalue weighted by molar-refractivity contribution is -0.189. The number of aromatic nitrogens is 2. The third-order valence-corrected chi connectivity index (χ3v) is 7.23. The van der Waals surface area contributed by atoms with Crippen LogP contribution in [0.5, 0.6) is 5.75 Å². The van der Waals surface area contributed by atoms with Crippen LogP contribution in [0.1, 0.15) is 12.5 Å². The molecule has 1 aromatic heterocycles. The number of urea groups is 1. The van der Waals surface area contributed by atoms with Crippen LogP contribution < -0.4 is 15.0 Å². The molecule has 2 atom stereocenters. The van der Waals surface area contributed by atoms with E-state index in [2.05, 4.69) is 15.2 Å². The lowest BCUT2D eigenvalue weighted by atomic mass is 10.1. The van der Waals surface area contributed by atoms with E-state index in [0.29, 0.717) is 55.0 Å². The van der Waals surface area contributed by atoms with Gasteiger partial charge >= 0.3 is 6.03 Å². The average molecular weight is 560 g/mol. The Morgan fingerprint density at radius 1 is 1.16 bits per heavy atom.